The summed E-state index contributed by atoms with van der Waals surface area (Å²) < 4.78 is 24.8. The lowest BCUT2D eigenvalue weighted by molar-refractivity contribution is 0.318. The van der Waals surface area contributed by atoms with Crippen LogP contribution in [0.3, 0.4) is 0 Å². The van der Waals surface area contributed by atoms with Crippen molar-refractivity contribution in [2.75, 3.05) is 33.7 Å². The van der Waals surface area contributed by atoms with E-state index in [1.807, 2.05) is 42.5 Å². The van der Waals surface area contributed by atoms with Gasteiger partial charge in [0.2, 0.25) is 5.75 Å². The molecule has 4 rings (SSSR count). The van der Waals surface area contributed by atoms with Crippen LogP contribution in [0.1, 0.15) is 44.6 Å². The van der Waals surface area contributed by atoms with E-state index >= 15 is 0 Å². The molecule has 1 fully saturated rings. The molecule has 1 aromatic heterocycles. The number of para-hydroxylation sites is 1. The van der Waals surface area contributed by atoms with E-state index in [0.29, 0.717) is 29.9 Å². The summed E-state index contributed by atoms with van der Waals surface area (Å²) in [5.41, 5.74) is 0.909. The predicted molar refractivity (Wildman–Crippen MR) is 135 cm³/mol. The van der Waals surface area contributed by atoms with Crippen LogP contribution >= 0.6 is 11.8 Å². The zero-order chi connectivity index (χ0) is 23.8. The highest BCUT2D eigenvalue weighted by Gasteiger charge is 2.25. The molecule has 0 atom stereocenters. The van der Waals surface area contributed by atoms with Crippen molar-refractivity contribution in [1.29, 1.82) is 0 Å². The molecular formula is C26H33N3O4S. The predicted octanol–water partition coefficient (Wildman–Crippen LogP) is 6.04. The Morgan fingerprint density at radius 2 is 1.62 bits per heavy atom. The molecule has 34 heavy (non-hydrogen) atoms. The van der Waals surface area contributed by atoms with Gasteiger partial charge in [-0.3, -0.25) is 4.57 Å². The van der Waals surface area contributed by atoms with Gasteiger partial charge in [-0.1, -0.05) is 49.2 Å². The van der Waals surface area contributed by atoms with Crippen molar-refractivity contribution >= 4 is 11.8 Å². The highest BCUT2D eigenvalue weighted by atomic mass is 32.2. The molecule has 1 heterocycles. The van der Waals surface area contributed by atoms with Crippen molar-refractivity contribution in [2.45, 2.75) is 49.7 Å². The smallest absolute Gasteiger partial charge is 0.203 e. The van der Waals surface area contributed by atoms with Crippen LogP contribution < -0.4 is 18.9 Å². The zero-order valence-corrected chi connectivity index (χ0v) is 21.0. The number of ether oxygens (including phenoxy) is 4. The van der Waals surface area contributed by atoms with E-state index < -0.39 is 0 Å². The zero-order valence-electron chi connectivity index (χ0n) is 20.2. The summed E-state index contributed by atoms with van der Waals surface area (Å²) in [5, 5.41) is 10.2. The Morgan fingerprint density at radius 3 is 2.26 bits per heavy atom. The third-order valence-electron chi connectivity index (χ3n) is 6.06. The molecule has 7 nitrogen and oxygen atoms in total. The Kier molecular flexibility index (Phi) is 8.57. The number of nitrogens with zero attached hydrogens (tertiary/aromatic N) is 3. The Morgan fingerprint density at radius 1 is 0.912 bits per heavy atom. The van der Waals surface area contributed by atoms with E-state index in [9.17, 15) is 0 Å². The van der Waals surface area contributed by atoms with Crippen molar-refractivity contribution in [3.05, 3.63) is 42.5 Å². The number of hydrogen-bond donors (Lipinski definition) is 0. The van der Waals surface area contributed by atoms with Gasteiger partial charge < -0.3 is 18.9 Å². The average Bonchev–Trinajstić information content (AvgIpc) is 3.32. The van der Waals surface area contributed by atoms with Gasteiger partial charge in [0, 0.05) is 17.4 Å². The largest absolute Gasteiger partial charge is 0.494 e. The van der Waals surface area contributed by atoms with Crippen molar-refractivity contribution in [1.82, 2.24) is 14.8 Å². The molecule has 1 aliphatic rings. The molecular weight excluding hydrogens is 450 g/mol. The van der Waals surface area contributed by atoms with Gasteiger partial charge in [0.05, 0.1) is 27.9 Å². The van der Waals surface area contributed by atoms with Crippen LogP contribution in [0.5, 0.6) is 23.0 Å². The average molecular weight is 484 g/mol. The molecule has 0 unspecified atom stereocenters. The lowest BCUT2D eigenvalue weighted by Gasteiger charge is -2.26. The summed E-state index contributed by atoms with van der Waals surface area (Å²) >= 11 is 1.74. The number of methoxy groups -OCH3 is 3. The monoisotopic (exact) mass is 483 g/mol. The molecule has 0 bridgehead atoms. The van der Waals surface area contributed by atoms with Crippen LogP contribution in [0.2, 0.25) is 0 Å². The van der Waals surface area contributed by atoms with Crippen LogP contribution in [-0.4, -0.2) is 48.5 Å². The molecule has 0 aliphatic heterocycles. The van der Waals surface area contributed by atoms with Gasteiger partial charge >= 0.3 is 0 Å². The van der Waals surface area contributed by atoms with E-state index in [4.69, 9.17) is 18.9 Å². The van der Waals surface area contributed by atoms with Crippen LogP contribution in [0, 0.1) is 0 Å². The number of aromatic nitrogens is 3. The van der Waals surface area contributed by atoms with E-state index in [1.54, 1.807) is 33.1 Å². The third-order valence-corrected chi connectivity index (χ3v) is 7.09. The molecule has 2 aromatic carbocycles. The van der Waals surface area contributed by atoms with Gasteiger partial charge in [0.25, 0.3) is 0 Å². The molecule has 0 saturated heterocycles. The molecule has 0 spiro atoms. The second-order valence-electron chi connectivity index (χ2n) is 8.25. The van der Waals surface area contributed by atoms with Gasteiger partial charge in [-0.15, -0.1) is 10.2 Å². The fourth-order valence-electron chi connectivity index (χ4n) is 4.38. The molecule has 1 aliphatic carbocycles. The molecule has 0 N–H and O–H groups in total. The highest BCUT2D eigenvalue weighted by molar-refractivity contribution is 7.99. The van der Waals surface area contributed by atoms with Crippen molar-refractivity contribution < 1.29 is 18.9 Å². The molecule has 182 valence electrons. The fraction of sp³-hybridized carbons (Fsp3) is 0.462. The lowest BCUT2D eigenvalue weighted by atomic mass is 9.95. The number of hydrogen-bond acceptors (Lipinski definition) is 7. The standard InChI is InChI=1S/C26H33N3O4S/c1-30-22-17-19(18-23(31-2)24(22)32-3)25-27-28-26(29(25)20-11-6-4-7-12-20)34-16-10-15-33-21-13-8-5-9-14-21/h5,8-9,13-14,17-18,20H,4,6-7,10-12,15-16H2,1-3H3. The van der Waals surface area contributed by atoms with Crippen LogP contribution in [0.25, 0.3) is 11.4 Å². The van der Waals surface area contributed by atoms with Crippen molar-refractivity contribution in [3.63, 3.8) is 0 Å². The quantitative estimate of drug-likeness (QED) is 0.243. The van der Waals surface area contributed by atoms with Crippen LogP contribution in [-0.2, 0) is 0 Å². The third kappa shape index (κ3) is 5.60. The summed E-state index contributed by atoms with van der Waals surface area (Å²) in [6.45, 7) is 0.675. The number of rotatable bonds is 11. The fourth-order valence-corrected chi connectivity index (χ4v) is 5.30. The molecule has 0 radical (unpaired) electrons. The first-order chi connectivity index (χ1) is 16.7. The summed E-state index contributed by atoms with van der Waals surface area (Å²) in [6.07, 6.45) is 6.95. The molecule has 8 heteroatoms. The summed E-state index contributed by atoms with van der Waals surface area (Å²) in [6, 6.07) is 14.2. The lowest BCUT2D eigenvalue weighted by Crippen LogP contribution is -2.15. The number of benzene rings is 2. The van der Waals surface area contributed by atoms with E-state index in [0.717, 1.165) is 47.3 Å². The first kappa shape index (κ1) is 24.3. The Balaban J connectivity index is 1.55. The Hall–Kier alpha value is -2.87. The minimum absolute atomic E-state index is 0.390. The Labute approximate surface area is 205 Å². The van der Waals surface area contributed by atoms with Crippen LogP contribution in [0.15, 0.2) is 47.6 Å². The first-order valence-electron chi connectivity index (χ1n) is 11.8. The SMILES string of the molecule is COc1cc(-c2nnc(SCCCOc3ccccc3)n2C2CCCCC2)cc(OC)c1OC. The number of thioether (sulfide) groups is 1. The van der Waals surface area contributed by atoms with E-state index in [-0.39, 0.29) is 0 Å². The molecule has 3 aromatic rings. The van der Waals surface area contributed by atoms with Gasteiger partial charge in [0.15, 0.2) is 22.5 Å². The molecule has 1 saturated carbocycles. The maximum absolute atomic E-state index is 5.84. The summed E-state index contributed by atoms with van der Waals surface area (Å²) in [5.74, 6) is 4.46. The van der Waals surface area contributed by atoms with Gasteiger partial charge in [-0.25, -0.2) is 0 Å². The van der Waals surface area contributed by atoms with Crippen molar-refractivity contribution in [3.8, 4) is 34.4 Å². The van der Waals surface area contributed by atoms with E-state index in [1.165, 1.54) is 19.3 Å². The normalized spacial score (nSPS) is 14.1. The molecule has 0 amide bonds. The second-order valence-corrected chi connectivity index (χ2v) is 9.31. The maximum Gasteiger partial charge on any atom is 0.203 e. The van der Waals surface area contributed by atoms with Crippen LogP contribution in [0.4, 0.5) is 0 Å². The summed E-state index contributed by atoms with van der Waals surface area (Å²) in [4.78, 5) is 0. The van der Waals surface area contributed by atoms with E-state index in [2.05, 4.69) is 14.8 Å². The maximum atomic E-state index is 5.84. The second kappa shape index (κ2) is 12.0. The minimum atomic E-state index is 0.390. The topological polar surface area (TPSA) is 67.6 Å². The first-order valence-corrected chi connectivity index (χ1v) is 12.8. The highest BCUT2D eigenvalue weighted by Crippen LogP contribution is 2.43. The van der Waals surface area contributed by atoms with Gasteiger partial charge in [-0.2, -0.15) is 0 Å². The van der Waals surface area contributed by atoms with Gasteiger partial charge in [-0.05, 0) is 43.5 Å². The van der Waals surface area contributed by atoms with Gasteiger partial charge in [0.1, 0.15) is 5.75 Å². The van der Waals surface area contributed by atoms with Crippen molar-refractivity contribution in [2.24, 2.45) is 0 Å². The Bertz CT molecular complexity index is 1030. The summed E-state index contributed by atoms with van der Waals surface area (Å²) in [7, 11) is 4.87. The minimum Gasteiger partial charge on any atom is -0.494 e.